The molecule has 9 rings (SSSR count). The zero-order chi connectivity index (χ0) is 31.2. The first-order valence-electron chi connectivity index (χ1n) is 16.1. The van der Waals surface area contributed by atoms with Crippen LogP contribution in [-0.2, 0) is 9.31 Å². The van der Waals surface area contributed by atoms with Crippen LogP contribution in [0.25, 0.3) is 70.9 Å². The van der Waals surface area contributed by atoms with Crippen molar-refractivity contribution in [3.63, 3.8) is 0 Å². The van der Waals surface area contributed by atoms with E-state index in [1.165, 1.54) is 59.7 Å². The second-order valence-corrected chi connectivity index (χ2v) is 13.6. The zero-order valence-electron chi connectivity index (χ0n) is 26.5. The Kier molecular flexibility index (Phi) is 5.84. The highest BCUT2D eigenvalue weighted by atomic mass is 16.7. The standard InChI is InChI=1S/C42H34BNO2/c1-41(2)42(3,4)46-43(45-41)28-23-24-37-36(25-28)39-33-22-14-12-20-31(33)35-26-34(27-15-7-5-8-16-27)30-19-11-13-21-32(30)38(35)40(39)44(37)29-17-9-6-10-18-29/h5-26H,1-4H3. The van der Waals surface area contributed by atoms with Gasteiger partial charge in [0.2, 0.25) is 0 Å². The largest absolute Gasteiger partial charge is 0.494 e. The zero-order valence-corrected chi connectivity index (χ0v) is 26.5. The van der Waals surface area contributed by atoms with Crippen molar-refractivity contribution in [1.29, 1.82) is 0 Å². The summed E-state index contributed by atoms with van der Waals surface area (Å²) >= 11 is 0. The quantitative estimate of drug-likeness (QED) is 0.150. The molecule has 2 heterocycles. The van der Waals surface area contributed by atoms with Crippen molar-refractivity contribution in [1.82, 2.24) is 4.57 Å². The van der Waals surface area contributed by atoms with Gasteiger partial charge in [-0.1, -0.05) is 109 Å². The minimum Gasteiger partial charge on any atom is -0.399 e. The second-order valence-electron chi connectivity index (χ2n) is 13.6. The smallest absolute Gasteiger partial charge is 0.399 e. The van der Waals surface area contributed by atoms with Crippen molar-refractivity contribution in [3.05, 3.63) is 133 Å². The Morgan fingerprint density at radius 1 is 0.500 bits per heavy atom. The van der Waals surface area contributed by atoms with Gasteiger partial charge in [-0.3, -0.25) is 0 Å². The fourth-order valence-corrected chi connectivity index (χ4v) is 7.42. The highest BCUT2D eigenvalue weighted by Gasteiger charge is 2.51. The Morgan fingerprint density at radius 2 is 1.04 bits per heavy atom. The van der Waals surface area contributed by atoms with Crippen LogP contribution >= 0.6 is 0 Å². The van der Waals surface area contributed by atoms with Crippen molar-refractivity contribution in [3.8, 4) is 16.8 Å². The predicted octanol–water partition coefficient (Wildman–Crippen LogP) is 10.2. The van der Waals surface area contributed by atoms with E-state index in [-0.39, 0.29) is 0 Å². The third-order valence-electron chi connectivity index (χ3n) is 10.4. The molecule has 4 heteroatoms. The van der Waals surface area contributed by atoms with E-state index in [2.05, 4.69) is 166 Å². The summed E-state index contributed by atoms with van der Waals surface area (Å²) < 4.78 is 15.5. The van der Waals surface area contributed by atoms with Crippen molar-refractivity contribution in [2.24, 2.45) is 0 Å². The van der Waals surface area contributed by atoms with E-state index in [0.29, 0.717) is 0 Å². The molecule has 1 saturated heterocycles. The van der Waals surface area contributed by atoms with Gasteiger partial charge in [0.05, 0.1) is 22.2 Å². The maximum Gasteiger partial charge on any atom is 0.494 e. The first-order chi connectivity index (χ1) is 22.3. The number of aromatic nitrogens is 1. The van der Waals surface area contributed by atoms with E-state index < -0.39 is 18.3 Å². The number of para-hydroxylation sites is 1. The van der Waals surface area contributed by atoms with Gasteiger partial charge < -0.3 is 13.9 Å². The van der Waals surface area contributed by atoms with Crippen molar-refractivity contribution in [2.75, 3.05) is 0 Å². The van der Waals surface area contributed by atoms with Gasteiger partial charge in [0.15, 0.2) is 0 Å². The lowest BCUT2D eigenvalue weighted by atomic mass is 9.78. The summed E-state index contributed by atoms with van der Waals surface area (Å²) in [5.41, 5.74) is 6.20. The summed E-state index contributed by atoms with van der Waals surface area (Å²) in [6, 6.07) is 48.5. The van der Waals surface area contributed by atoms with Crippen LogP contribution in [0, 0.1) is 0 Å². The minimum absolute atomic E-state index is 0.414. The predicted molar refractivity (Wildman–Crippen MR) is 194 cm³/mol. The fourth-order valence-electron chi connectivity index (χ4n) is 7.42. The van der Waals surface area contributed by atoms with Gasteiger partial charge in [-0.25, -0.2) is 0 Å². The molecule has 0 atom stereocenters. The molecule has 7 aromatic carbocycles. The van der Waals surface area contributed by atoms with Gasteiger partial charge in [0.1, 0.15) is 0 Å². The van der Waals surface area contributed by atoms with E-state index in [0.717, 1.165) is 16.7 Å². The number of benzene rings is 7. The molecule has 0 N–H and O–H groups in total. The van der Waals surface area contributed by atoms with E-state index in [9.17, 15) is 0 Å². The molecule has 8 aromatic rings. The molecule has 0 aliphatic carbocycles. The normalized spacial score (nSPS) is 16.0. The number of hydrogen-bond acceptors (Lipinski definition) is 2. The van der Waals surface area contributed by atoms with Crippen LogP contribution in [0.2, 0.25) is 0 Å². The molecule has 3 nitrogen and oxygen atoms in total. The third kappa shape index (κ3) is 3.87. The van der Waals surface area contributed by atoms with Gasteiger partial charge in [0.25, 0.3) is 0 Å². The summed E-state index contributed by atoms with van der Waals surface area (Å²) in [5.74, 6) is 0. The highest BCUT2D eigenvalue weighted by Crippen LogP contribution is 2.47. The fraction of sp³-hybridized carbons (Fsp3) is 0.143. The Bertz CT molecular complexity index is 2460. The first kappa shape index (κ1) is 27.4. The van der Waals surface area contributed by atoms with Crippen molar-refractivity contribution in [2.45, 2.75) is 38.9 Å². The second kappa shape index (κ2) is 9.80. The van der Waals surface area contributed by atoms with Gasteiger partial charge >= 0.3 is 7.12 Å². The molecule has 222 valence electrons. The van der Waals surface area contributed by atoms with Crippen LogP contribution in [-0.4, -0.2) is 22.9 Å². The SMILES string of the molecule is CC1(C)OB(c2ccc3c(c2)c2c4ccccc4c4cc(-c5ccccc5)c5ccccc5c4c2n3-c2ccccc2)OC1(C)C. The first-order valence-corrected chi connectivity index (χ1v) is 16.1. The molecular formula is C42H34BNO2. The van der Waals surface area contributed by atoms with E-state index in [1.54, 1.807) is 0 Å². The van der Waals surface area contributed by atoms with Crippen LogP contribution in [0.15, 0.2) is 133 Å². The molecule has 0 spiro atoms. The van der Waals surface area contributed by atoms with Crippen molar-refractivity contribution >= 4 is 66.7 Å². The Hall–Kier alpha value is -4.90. The Balaban J connectivity index is 1.48. The molecule has 1 fully saturated rings. The molecular weight excluding hydrogens is 561 g/mol. The third-order valence-corrected chi connectivity index (χ3v) is 10.4. The lowest BCUT2D eigenvalue weighted by molar-refractivity contribution is 0.00578. The van der Waals surface area contributed by atoms with Crippen LogP contribution in [0.3, 0.4) is 0 Å². The number of hydrogen-bond donors (Lipinski definition) is 0. The van der Waals surface area contributed by atoms with Gasteiger partial charge in [-0.15, -0.1) is 0 Å². The van der Waals surface area contributed by atoms with Gasteiger partial charge in [-0.2, -0.15) is 0 Å². The molecule has 1 aliphatic heterocycles. The number of rotatable bonds is 3. The van der Waals surface area contributed by atoms with Crippen LogP contribution < -0.4 is 5.46 Å². The molecule has 1 aliphatic rings. The van der Waals surface area contributed by atoms with Crippen LogP contribution in [0.5, 0.6) is 0 Å². The molecule has 0 bridgehead atoms. The summed E-state index contributed by atoms with van der Waals surface area (Å²) in [4.78, 5) is 0. The monoisotopic (exact) mass is 595 g/mol. The average molecular weight is 596 g/mol. The molecule has 0 amide bonds. The summed E-state index contributed by atoms with van der Waals surface area (Å²) in [5, 5.41) is 9.96. The summed E-state index contributed by atoms with van der Waals surface area (Å²) in [6.45, 7) is 8.45. The van der Waals surface area contributed by atoms with E-state index >= 15 is 0 Å². The molecule has 1 aromatic heterocycles. The minimum atomic E-state index is -0.439. The maximum atomic E-state index is 6.54. The highest BCUT2D eigenvalue weighted by molar-refractivity contribution is 6.62. The van der Waals surface area contributed by atoms with E-state index in [4.69, 9.17) is 9.31 Å². The Morgan fingerprint density at radius 3 is 1.72 bits per heavy atom. The molecule has 0 radical (unpaired) electrons. The maximum absolute atomic E-state index is 6.54. The van der Waals surface area contributed by atoms with Crippen molar-refractivity contribution < 1.29 is 9.31 Å². The summed E-state index contributed by atoms with van der Waals surface area (Å²) in [7, 11) is -0.439. The Labute approximate surface area is 269 Å². The topological polar surface area (TPSA) is 23.4 Å². The number of fused-ring (bicyclic) bond motifs is 10. The molecule has 0 saturated carbocycles. The molecule has 0 unspecified atom stereocenters. The average Bonchev–Trinajstić information content (AvgIpc) is 3.54. The lowest BCUT2D eigenvalue weighted by Crippen LogP contribution is -2.41. The number of nitrogens with zero attached hydrogens (tertiary/aromatic N) is 1. The molecule has 46 heavy (non-hydrogen) atoms. The summed E-state index contributed by atoms with van der Waals surface area (Å²) in [6.07, 6.45) is 0. The van der Waals surface area contributed by atoms with Gasteiger partial charge in [-0.05, 0) is 95.5 Å². The van der Waals surface area contributed by atoms with E-state index in [1.807, 2.05) is 0 Å². The van der Waals surface area contributed by atoms with Gasteiger partial charge in [0, 0.05) is 21.8 Å². The lowest BCUT2D eigenvalue weighted by Gasteiger charge is -2.32. The van der Waals surface area contributed by atoms with Crippen LogP contribution in [0.4, 0.5) is 0 Å². The van der Waals surface area contributed by atoms with Crippen LogP contribution in [0.1, 0.15) is 27.7 Å².